The molecule has 2 aromatic rings. The van der Waals surface area contributed by atoms with Gasteiger partial charge in [-0.1, -0.05) is 19.1 Å². The van der Waals surface area contributed by atoms with Gasteiger partial charge in [0.05, 0.1) is 17.9 Å². The van der Waals surface area contributed by atoms with Gasteiger partial charge in [-0.25, -0.2) is 13.1 Å². The van der Waals surface area contributed by atoms with Gasteiger partial charge >= 0.3 is 0 Å². The van der Waals surface area contributed by atoms with Crippen LogP contribution in [0.15, 0.2) is 41.6 Å². The van der Waals surface area contributed by atoms with Crippen molar-refractivity contribution in [3.8, 4) is 0 Å². The van der Waals surface area contributed by atoms with Crippen molar-refractivity contribution in [1.82, 2.24) is 14.9 Å². The number of benzene rings is 1. The van der Waals surface area contributed by atoms with Crippen molar-refractivity contribution in [3.05, 3.63) is 42.2 Å². The van der Waals surface area contributed by atoms with E-state index >= 15 is 0 Å². The van der Waals surface area contributed by atoms with Gasteiger partial charge in [0.1, 0.15) is 4.90 Å². The minimum atomic E-state index is -3.49. The molecular weight excluding hydrogens is 276 g/mol. The van der Waals surface area contributed by atoms with Crippen molar-refractivity contribution >= 4 is 15.7 Å². The highest BCUT2D eigenvalue weighted by molar-refractivity contribution is 7.89. The summed E-state index contributed by atoms with van der Waals surface area (Å²) in [5, 5.41) is 9.83. The van der Waals surface area contributed by atoms with Crippen LogP contribution in [-0.2, 0) is 10.0 Å². The Hall–Kier alpha value is -1.86. The number of rotatable bonds is 6. The molecule has 0 amide bonds. The summed E-state index contributed by atoms with van der Waals surface area (Å²) in [4.78, 5) is 0.247. The lowest BCUT2D eigenvalue weighted by molar-refractivity contribution is 0.584. The number of para-hydroxylation sites is 1. The topological polar surface area (TPSA) is 86.9 Å². The molecule has 0 fully saturated rings. The fourth-order valence-electron chi connectivity index (χ4n) is 1.90. The number of nitrogens with zero attached hydrogens (tertiary/aromatic N) is 1. The number of H-pyrrole nitrogens is 1. The Labute approximate surface area is 118 Å². The largest absolute Gasteiger partial charge is 0.377 e. The van der Waals surface area contributed by atoms with Crippen LogP contribution in [0.4, 0.5) is 5.69 Å². The molecule has 1 atom stereocenters. The van der Waals surface area contributed by atoms with Crippen LogP contribution < -0.4 is 10.0 Å². The van der Waals surface area contributed by atoms with E-state index in [1.165, 1.54) is 0 Å². The third-order valence-corrected chi connectivity index (χ3v) is 4.51. The van der Waals surface area contributed by atoms with Crippen molar-refractivity contribution in [2.45, 2.75) is 24.8 Å². The Balaban J connectivity index is 2.29. The zero-order valence-corrected chi connectivity index (χ0v) is 12.2. The first kappa shape index (κ1) is 14.5. The number of aromatic amines is 1. The highest BCUT2D eigenvalue weighted by Gasteiger charge is 2.18. The van der Waals surface area contributed by atoms with Crippen molar-refractivity contribution in [1.29, 1.82) is 0 Å². The Morgan fingerprint density at radius 3 is 2.75 bits per heavy atom. The van der Waals surface area contributed by atoms with E-state index < -0.39 is 10.0 Å². The van der Waals surface area contributed by atoms with Crippen LogP contribution in [0.2, 0.25) is 0 Å². The molecule has 0 bridgehead atoms. The van der Waals surface area contributed by atoms with Gasteiger partial charge in [-0.3, -0.25) is 5.10 Å². The van der Waals surface area contributed by atoms with Crippen molar-refractivity contribution in [2.75, 3.05) is 11.9 Å². The maximum Gasteiger partial charge on any atom is 0.242 e. The summed E-state index contributed by atoms with van der Waals surface area (Å²) in [6.07, 6.45) is 3.48. The van der Waals surface area contributed by atoms with Crippen LogP contribution in [0.3, 0.4) is 0 Å². The molecule has 0 spiro atoms. The van der Waals surface area contributed by atoms with Crippen molar-refractivity contribution < 1.29 is 8.42 Å². The van der Waals surface area contributed by atoms with Gasteiger partial charge in [-0.15, -0.1) is 0 Å². The zero-order valence-electron chi connectivity index (χ0n) is 11.4. The fourth-order valence-corrected chi connectivity index (χ4v) is 3.11. The SMILES string of the molecule is CCNS(=O)(=O)c1ccccc1NC(C)c1cn[nH]c1. The standard InChI is InChI=1S/C13H18N4O2S/c1-3-16-20(18,19)13-7-5-4-6-12(13)17-10(2)11-8-14-15-9-11/h4-10,16-17H,3H2,1-2H3,(H,14,15). The lowest BCUT2D eigenvalue weighted by Gasteiger charge is -2.17. The molecule has 1 aromatic heterocycles. The third kappa shape index (κ3) is 3.17. The van der Waals surface area contributed by atoms with Gasteiger partial charge in [-0.2, -0.15) is 5.10 Å². The van der Waals surface area contributed by atoms with E-state index in [2.05, 4.69) is 20.2 Å². The Bertz CT molecular complexity index is 653. The Morgan fingerprint density at radius 2 is 2.10 bits per heavy atom. The average Bonchev–Trinajstić information content (AvgIpc) is 2.93. The van der Waals surface area contributed by atoms with Crippen LogP contribution in [0, 0.1) is 0 Å². The van der Waals surface area contributed by atoms with Gasteiger partial charge < -0.3 is 5.32 Å². The van der Waals surface area contributed by atoms with Crippen LogP contribution >= 0.6 is 0 Å². The molecule has 0 aliphatic heterocycles. The summed E-state index contributed by atoms with van der Waals surface area (Å²) >= 11 is 0. The molecule has 0 saturated heterocycles. The van der Waals surface area contributed by atoms with E-state index in [0.717, 1.165) is 5.56 Å². The lowest BCUT2D eigenvalue weighted by atomic mass is 10.2. The van der Waals surface area contributed by atoms with Gasteiger partial charge in [-0.05, 0) is 19.1 Å². The number of anilines is 1. The fraction of sp³-hybridized carbons (Fsp3) is 0.308. The molecule has 0 radical (unpaired) electrons. The van der Waals surface area contributed by atoms with E-state index in [0.29, 0.717) is 12.2 Å². The van der Waals surface area contributed by atoms with Crippen LogP contribution in [0.1, 0.15) is 25.5 Å². The first-order valence-corrected chi connectivity index (χ1v) is 7.87. The normalized spacial score (nSPS) is 13.1. The molecule has 6 nitrogen and oxygen atoms in total. The molecule has 0 saturated carbocycles. The molecule has 0 aliphatic rings. The summed E-state index contributed by atoms with van der Waals surface area (Å²) in [5.74, 6) is 0. The minimum absolute atomic E-state index is 0.0493. The summed E-state index contributed by atoms with van der Waals surface area (Å²) in [6, 6.07) is 6.79. The molecular formula is C13H18N4O2S. The number of nitrogens with one attached hydrogen (secondary N) is 3. The van der Waals surface area contributed by atoms with Crippen LogP contribution in [0.25, 0.3) is 0 Å². The van der Waals surface area contributed by atoms with Crippen molar-refractivity contribution in [2.24, 2.45) is 0 Å². The highest BCUT2D eigenvalue weighted by atomic mass is 32.2. The Kier molecular flexibility index (Phi) is 4.41. The second kappa shape index (κ2) is 6.06. The second-order valence-corrected chi connectivity index (χ2v) is 6.13. The van der Waals surface area contributed by atoms with E-state index in [1.807, 2.05) is 6.92 Å². The van der Waals surface area contributed by atoms with Crippen molar-refractivity contribution in [3.63, 3.8) is 0 Å². The lowest BCUT2D eigenvalue weighted by Crippen LogP contribution is -2.24. The van der Waals surface area contributed by atoms with E-state index in [9.17, 15) is 8.42 Å². The molecule has 108 valence electrons. The number of hydrogen-bond acceptors (Lipinski definition) is 4. The summed E-state index contributed by atoms with van der Waals surface area (Å²) in [5.41, 5.74) is 1.53. The first-order valence-electron chi connectivity index (χ1n) is 6.38. The molecule has 2 rings (SSSR count). The zero-order chi connectivity index (χ0) is 14.6. The molecule has 0 aliphatic carbocycles. The smallest absolute Gasteiger partial charge is 0.242 e. The maximum atomic E-state index is 12.2. The van der Waals surface area contributed by atoms with Crippen LogP contribution in [-0.4, -0.2) is 25.2 Å². The maximum absolute atomic E-state index is 12.2. The number of sulfonamides is 1. The monoisotopic (exact) mass is 294 g/mol. The van der Waals surface area contributed by atoms with Gasteiger partial charge in [0, 0.05) is 18.3 Å². The average molecular weight is 294 g/mol. The summed E-state index contributed by atoms with van der Waals surface area (Å²) < 4.78 is 26.8. The molecule has 7 heteroatoms. The predicted molar refractivity (Wildman–Crippen MR) is 77.9 cm³/mol. The number of aromatic nitrogens is 2. The molecule has 1 aromatic carbocycles. The molecule has 20 heavy (non-hydrogen) atoms. The summed E-state index contributed by atoms with van der Waals surface area (Å²) in [7, 11) is -3.49. The van der Waals surface area contributed by atoms with E-state index in [1.54, 1.807) is 43.6 Å². The van der Waals surface area contributed by atoms with Gasteiger partial charge in [0.25, 0.3) is 0 Å². The highest BCUT2D eigenvalue weighted by Crippen LogP contribution is 2.25. The van der Waals surface area contributed by atoms with E-state index in [-0.39, 0.29) is 10.9 Å². The van der Waals surface area contributed by atoms with Crippen LogP contribution in [0.5, 0.6) is 0 Å². The van der Waals surface area contributed by atoms with Gasteiger partial charge in [0.2, 0.25) is 10.0 Å². The molecule has 1 unspecified atom stereocenters. The Morgan fingerprint density at radius 1 is 1.35 bits per heavy atom. The van der Waals surface area contributed by atoms with Gasteiger partial charge in [0.15, 0.2) is 0 Å². The third-order valence-electron chi connectivity index (χ3n) is 2.90. The minimum Gasteiger partial charge on any atom is -0.377 e. The molecule has 3 N–H and O–H groups in total. The molecule has 1 heterocycles. The summed E-state index contributed by atoms with van der Waals surface area (Å²) in [6.45, 7) is 4.05. The quantitative estimate of drug-likeness (QED) is 0.759. The van der Waals surface area contributed by atoms with E-state index in [4.69, 9.17) is 0 Å². The predicted octanol–water partition coefficient (Wildman–Crippen LogP) is 1.88. The first-order chi connectivity index (χ1) is 9.54. The second-order valence-electron chi connectivity index (χ2n) is 4.40. The number of hydrogen-bond donors (Lipinski definition) is 3.